The minimum absolute atomic E-state index is 0.0889. The molecule has 1 N–H and O–H groups in total. The van der Waals surface area contributed by atoms with Crippen LogP contribution in [0, 0.1) is 0 Å². The summed E-state index contributed by atoms with van der Waals surface area (Å²) in [5.74, 6) is -0.158. The van der Waals surface area contributed by atoms with Gasteiger partial charge in [-0.15, -0.1) is 0 Å². The summed E-state index contributed by atoms with van der Waals surface area (Å²) in [6, 6.07) is 3.29. The quantitative estimate of drug-likeness (QED) is 0.375. The van der Waals surface area contributed by atoms with Crippen molar-refractivity contribution in [1.29, 1.82) is 0 Å². The molecular weight excluding hydrogens is 364 g/mol. The maximum Gasteiger partial charge on any atom is 0.344 e. The number of carbonyl (C=O) groups is 2. The van der Waals surface area contributed by atoms with Crippen LogP contribution < -0.4 is 9.47 Å². The van der Waals surface area contributed by atoms with Gasteiger partial charge in [-0.25, -0.2) is 4.79 Å². The van der Waals surface area contributed by atoms with Crippen molar-refractivity contribution in [2.24, 2.45) is 0 Å². The van der Waals surface area contributed by atoms with E-state index in [2.05, 4.69) is 15.9 Å². The first-order valence-electron chi connectivity index (χ1n) is 7.67. The Bertz CT molecular complexity index is 556. The highest BCUT2D eigenvalue weighted by Gasteiger charge is 2.21. The second-order valence-electron chi connectivity index (χ2n) is 5.21. The van der Waals surface area contributed by atoms with Crippen LogP contribution in [-0.2, 0) is 11.2 Å². The van der Waals surface area contributed by atoms with Gasteiger partial charge >= 0.3 is 5.97 Å². The van der Waals surface area contributed by atoms with E-state index < -0.39 is 12.1 Å². The molecule has 0 radical (unpaired) electrons. The van der Waals surface area contributed by atoms with Gasteiger partial charge in [0, 0.05) is 10.9 Å². The standard InChI is InChI=1S/C17H23BrO5/c1-4-6-14-15(23-12(3)17(20)21)8-7-13(11(2)19)16(14)22-10-5-9-18/h7-8,12H,4-6,9-10H2,1-3H3,(H,20,21). The second-order valence-corrected chi connectivity index (χ2v) is 6.01. The molecule has 1 rings (SSSR count). The molecule has 1 aromatic carbocycles. The minimum Gasteiger partial charge on any atom is -0.492 e. The SMILES string of the molecule is CCCc1c(OC(C)C(=O)O)ccc(C(C)=O)c1OCCCBr. The molecule has 1 unspecified atom stereocenters. The van der Waals surface area contributed by atoms with Crippen molar-refractivity contribution in [3.8, 4) is 11.5 Å². The molecule has 0 aliphatic carbocycles. The van der Waals surface area contributed by atoms with Crippen molar-refractivity contribution >= 4 is 27.7 Å². The van der Waals surface area contributed by atoms with Crippen molar-refractivity contribution in [3.63, 3.8) is 0 Å². The largest absolute Gasteiger partial charge is 0.492 e. The third-order valence-corrected chi connectivity index (χ3v) is 3.83. The molecule has 0 aliphatic rings. The fourth-order valence-electron chi connectivity index (χ4n) is 2.12. The van der Waals surface area contributed by atoms with E-state index >= 15 is 0 Å². The van der Waals surface area contributed by atoms with Gasteiger partial charge in [-0.3, -0.25) is 4.79 Å². The minimum atomic E-state index is -1.04. The van der Waals surface area contributed by atoms with Crippen molar-refractivity contribution in [3.05, 3.63) is 23.3 Å². The van der Waals surface area contributed by atoms with E-state index in [4.69, 9.17) is 14.6 Å². The molecule has 0 saturated heterocycles. The van der Waals surface area contributed by atoms with Gasteiger partial charge in [0.25, 0.3) is 0 Å². The summed E-state index contributed by atoms with van der Waals surface area (Å²) < 4.78 is 11.4. The Morgan fingerprint density at radius 3 is 2.57 bits per heavy atom. The third-order valence-electron chi connectivity index (χ3n) is 3.27. The molecule has 0 fully saturated rings. The average Bonchev–Trinajstić information content (AvgIpc) is 2.49. The van der Waals surface area contributed by atoms with Crippen LogP contribution in [0.1, 0.15) is 49.5 Å². The highest BCUT2D eigenvalue weighted by molar-refractivity contribution is 9.09. The molecule has 1 atom stereocenters. The number of carboxylic acid groups (broad SMARTS) is 1. The van der Waals surface area contributed by atoms with Gasteiger partial charge in [-0.1, -0.05) is 29.3 Å². The zero-order chi connectivity index (χ0) is 17.4. The summed E-state index contributed by atoms with van der Waals surface area (Å²) in [6.07, 6.45) is 1.31. The van der Waals surface area contributed by atoms with E-state index in [9.17, 15) is 9.59 Å². The van der Waals surface area contributed by atoms with Gasteiger partial charge in [0.05, 0.1) is 12.2 Å². The van der Waals surface area contributed by atoms with Gasteiger partial charge in [-0.05, 0) is 38.8 Å². The maximum atomic E-state index is 11.9. The lowest BCUT2D eigenvalue weighted by molar-refractivity contribution is -0.144. The lowest BCUT2D eigenvalue weighted by Crippen LogP contribution is -2.23. The number of benzene rings is 1. The number of Topliss-reactive ketones (excluding diaryl/α,β-unsaturated/α-hetero) is 1. The Hall–Kier alpha value is -1.56. The van der Waals surface area contributed by atoms with Crippen molar-refractivity contribution < 1.29 is 24.2 Å². The number of aliphatic carboxylic acids is 1. The summed E-state index contributed by atoms with van der Waals surface area (Å²) in [7, 11) is 0. The smallest absolute Gasteiger partial charge is 0.344 e. The summed E-state index contributed by atoms with van der Waals surface area (Å²) in [6.45, 7) is 5.44. The third kappa shape index (κ3) is 5.53. The summed E-state index contributed by atoms with van der Waals surface area (Å²) >= 11 is 3.35. The average molecular weight is 387 g/mol. The Balaban J connectivity index is 3.27. The van der Waals surface area contributed by atoms with Crippen LogP contribution in [0.4, 0.5) is 0 Å². The summed E-state index contributed by atoms with van der Waals surface area (Å²) in [5.41, 5.74) is 1.25. The van der Waals surface area contributed by atoms with Crippen LogP contribution in [0.5, 0.6) is 11.5 Å². The highest BCUT2D eigenvalue weighted by atomic mass is 79.9. The van der Waals surface area contributed by atoms with Crippen LogP contribution in [0.3, 0.4) is 0 Å². The molecule has 1 aromatic rings. The van der Waals surface area contributed by atoms with Crippen LogP contribution >= 0.6 is 15.9 Å². The van der Waals surface area contributed by atoms with Crippen LogP contribution in [0.15, 0.2) is 12.1 Å². The molecule has 0 spiro atoms. The zero-order valence-corrected chi connectivity index (χ0v) is 15.3. The Kier molecular flexibility index (Phi) is 8.09. The van der Waals surface area contributed by atoms with Crippen molar-refractivity contribution in [2.45, 2.75) is 46.1 Å². The van der Waals surface area contributed by atoms with E-state index in [1.54, 1.807) is 12.1 Å². The molecular formula is C17H23BrO5. The predicted octanol–water partition coefficient (Wildman–Crippen LogP) is 3.86. The Labute approximate surface area is 145 Å². The van der Waals surface area contributed by atoms with Gasteiger partial charge in [0.2, 0.25) is 0 Å². The normalized spacial score (nSPS) is 11.8. The first-order valence-corrected chi connectivity index (χ1v) is 8.79. The van der Waals surface area contributed by atoms with Crippen molar-refractivity contribution in [2.75, 3.05) is 11.9 Å². The molecule has 0 saturated carbocycles. The molecule has 0 bridgehead atoms. The fraction of sp³-hybridized carbons (Fsp3) is 0.529. The number of ether oxygens (including phenoxy) is 2. The fourth-order valence-corrected chi connectivity index (χ4v) is 2.35. The number of carboxylic acids is 1. The number of halogens is 1. The monoisotopic (exact) mass is 386 g/mol. The number of carbonyl (C=O) groups excluding carboxylic acids is 1. The number of ketones is 1. The number of alkyl halides is 1. The van der Waals surface area contributed by atoms with Gasteiger partial charge in [0.1, 0.15) is 11.5 Å². The molecule has 23 heavy (non-hydrogen) atoms. The molecule has 5 nitrogen and oxygen atoms in total. The first-order chi connectivity index (χ1) is 10.9. The lowest BCUT2D eigenvalue weighted by Gasteiger charge is -2.20. The van der Waals surface area contributed by atoms with Crippen molar-refractivity contribution in [1.82, 2.24) is 0 Å². The van der Waals surface area contributed by atoms with Crippen LogP contribution in [0.25, 0.3) is 0 Å². The highest BCUT2D eigenvalue weighted by Crippen LogP contribution is 2.35. The number of hydrogen-bond acceptors (Lipinski definition) is 4. The van der Waals surface area contributed by atoms with E-state index in [0.29, 0.717) is 30.1 Å². The van der Waals surface area contributed by atoms with E-state index in [1.165, 1.54) is 13.8 Å². The molecule has 0 aromatic heterocycles. The number of hydrogen-bond donors (Lipinski definition) is 1. The van der Waals surface area contributed by atoms with Gasteiger partial charge < -0.3 is 14.6 Å². The van der Waals surface area contributed by atoms with Gasteiger partial charge in [-0.2, -0.15) is 0 Å². The predicted molar refractivity (Wildman–Crippen MR) is 92.1 cm³/mol. The summed E-state index contributed by atoms with van der Waals surface area (Å²) in [5, 5.41) is 9.84. The lowest BCUT2D eigenvalue weighted by atomic mass is 10.0. The molecule has 0 heterocycles. The molecule has 128 valence electrons. The molecule has 6 heteroatoms. The Morgan fingerprint density at radius 1 is 1.35 bits per heavy atom. The van der Waals surface area contributed by atoms with Gasteiger partial charge in [0.15, 0.2) is 11.9 Å². The van der Waals surface area contributed by atoms with E-state index in [1.807, 2.05) is 6.92 Å². The zero-order valence-electron chi connectivity index (χ0n) is 13.7. The van der Waals surface area contributed by atoms with E-state index in [0.717, 1.165) is 23.7 Å². The van der Waals surface area contributed by atoms with Crippen LogP contribution in [0.2, 0.25) is 0 Å². The second kappa shape index (κ2) is 9.55. The molecule has 0 amide bonds. The van der Waals surface area contributed by atoms with Crippen LogP contribution in [-0.4, -0.2) is 34.9 Å². The molecule has 0 aliphatic heterocycles. The summed E-state index contributed by atoms with van der Waals surface area (Å²) in [4.78, 5) is 22.9. The first kappa shape index (κ1) is 19.5. The number of rotatable bonds is 10. The Morgan fingerprint density at radius 2 is 2.04 bits per heavy atom. The maximum absolute atomic E-state index is 11.9. The van der Waals surface area contributed by atoms with E-state index in [-0.39, 0.29) is 5.78 Å². The topological polar surface area (TPSA) is 72.8 Å².